The molecule has 0 unspecified atom stereocenters. The summed E-state index contributed by atoms with van der Waals surface area (Å²) in [7, 11) is 0. The first kappa shape index (κ1) is 8.50. The molecule has 0 radical (unpaired) electrons. The van der Waals surface area contributed by atoms with Gasteiger partial charge in [-0.3, -0.25) is 4.79 Å². The minimum Gasteiger partial charge on any atom is -0.294 e. The molecule has 1 aromatic heterocycles. The maximum absolute atomic E-state index is 10.3. The average molecular weight is 185 g/mol. The van der Waals surface area contributed by atoms with Crippen LogP contribution in [0.2, 0.25) is 0 Å². The fraction of sp³-hybridized carbons (Fsp3) is 0. The topological polar surface area (TPSA) is 55.7 Å². The molecule has 4 nitrogen and oxygen atoms in total. The third kappa shape index (κ3) is 1.64. The quantitative estimate of drug-likeness (QED) is 0.662. The van der Waals surface area contributed by atoms with Crippen molar-refractivity contribution in [3.63, 3.8) is 0 Å². The van der Waals surface area contributed by atoms with E-state index in [4.69, 9.17) is 0 Å². The molecule has 0 fully saturated rings. The zero-order chi connectivity index (χ0) is 9.80. The Balaban J connectivity index is 2.39. The second-order valence-electron chi connectivity index (χ2n) is 2.69. The maximum Gasteiger partial charge on any atom is 0.214 e. The van der Waals surface area contributed by atoms with Crippen LogP contribution in [0.3, 0.4) is 0 Å². The van der Waals surface area contributed by atoms with E-state index >= 15 is 0 Å². The van der Waals surface area contributed by atoms with E-state index in [1.165, 1.54) is 6.20 Å². The number of hydrogen-bond acceptors (Lipinski definition) is 4. The summed E-state index contributed by atoms with van der Waals surface area (Å²) < 4.78 is 0. The molecule has 0 aliphatic heterocycles. The lowest BCUT2D eigenvalue weighted by molar-refractivity contribution is 0.111. The van der Waals surface area contributed by atoms with Gasteiger partial charge in [0.15, 0.2) is 6.29 Å². The van der Waals surface area contributed by atoms with Crippen molar-refractivity contribution in [2.24, 2.45) is 0 Å². The van der Waals surface area contributed by atoms with Gasteiger partial charge in [-0.15, -0.1) is 10.2 Å². The number of carbonyl (C=O) groups is 1. The van der Waals surface area contributed by atoms with E-state index in [0.29, 0.717) is 12.0 Å². The molecule has 0 N–H and O–H groups in total. The van der Waals surface area contributed by atoms with Crippen molar-refractivity contribution in [2.75, 3.05) is 0 Å². The molecule has 0 atom stereocenters. The van der Waals surface area contributed by atoms with E-state index in [-0.39, 0.29) is 5.82 Å². The van der Waals surface area contributed by atoms with E-state index in [0.717, 1.165) is 5.56 Å². The van der Waals surface area contributed by atoms with E-state index in [1.54, 1.807) is 0 Å². The standard InChI is InChI=1S/C10H7N3O/c14-7-10-11-6-9(12-13-10)8-4-2-1-3-5-8/h1-7H. The van der Waals surface area contributed by atoms with Gasteiger partial charge in [-0.1, -0.05) is 30.3 Å². The van der Waals surface area contributed by atoms with Gasteiger partial charge in [0, 0.05) is 5.56 Å². The van der Waals surface area contributed by atoms with Gasteiger partial charge < -0.3 is 0 Å². The van der Waals surface area contributed by atoms with Gasteiger partial charge in [0.2, 0.25) is 5.82 Å². The van der Waals surface area contributed by atoms with Gasteiger partial charge in [-0.25, -0.2) is 4.98 Å². The van der Waals surface area contributed by atoms with E-state index < -0.39 is 0 Å². The highest BCUT2D eigenvalue weighted by Crippen LogP contribution is 2.13. The Labute approximate surface area is 80.6 Å². The van der Waals surface area contributed by atoms with Crippen molar-refractivity contribution >= 4 is 6.29 Å². The number of hydrogen-bond donors (Lipinski definition) is 0. The highest BCUT2D eigenvalue weighted by atomic mass is 16.1. The van der Waals surface area contributed by atoms with Crippen molar-refractivity contribution < 1.29 is 4.79 Å². The molecule has 0 amide bonds. The lowest BCUT2D eigenvalue weighted by Crippen LogP contribution is -1.96. The van der Waals surface area contributed by atoms with Gasteiger partial charge in [-0.05, 0) is 0 Å². The van der Waals surface area contributed by atoms with Crippen molar-refractivity contribution in [3.05, 3.63) is 42.4 Å². The molecule has 0 saturated carbocycles. The largest absolute Gasteiger partial charge is 0.294 e. The van der Waals surface area contributed by atoms with Gasteiger partial charge in [0.05, 0.1) is 6.20 Å². The Morgan fingerprint density at radius 3 is 2.43 bits per heavy atom. The summed E-state index contributed by atoms with van der Waals surface area (Å²) >= 11 is 0. The van der Waals surface area contributed by atoms with Crippen molar-refractivity contribution in [1.29, 1.82) is 0 Å². The zero-order valence-electron chi connectivity index (χ0n) is 7.29. The van der Waals surface area contributed by atoms with Crippen LogP contribution in [0.25, 0.3) is 11.3 Å². The average Bonchev–Trinajstić information content (AvgIpc) is 2.30. The molecule has 0 aliphatic rings. The van der Waals surface area contributed by atoms with Crippen LogP contribution in [0.4, 0.5) is 0 Å². The first-order valence-corrected chi connectivity index (χ1v) is 4.10. The summed E-state index contributed by atoms with van der Waals surface area (Å²) in [5.41, 5.74) is 1.60. The number of rotatable bonds is 2. The fourth-order valence-corrected chi connectivity index (χ4v) is 1.08. The van der Waals surface area contributed by atoms with Crippen molar-refractivity contribution in [3.8, 4) is 11.3 Å². The zero-order valence-corrected chi connectivity index (χ0v) is 7.29. The van der Waals surface area contributed by atoms with Crippen molar-refractivity contribution in [2.45, 2.75) is 0 Å². The lowest BCUT2D eigenvalue weighted by Gasteiger charge is -1.97. The maximum atomic E-state index is 10.3. The fourth-order valence-electron chi connectivity index (χ4n) is 1.08. The minimum absolute atomic E-state index is 0.102. The van der Waals surface area contributed by atoms with Crippen LogP contribution in [0.15, 0.2) is 36.5 Å². The molecule has 4 heteroatoms. The van der Waals surface area contributed by atoms with Crippen LogP contribution < -0.4 is 0 Å². The summed E-state index contributed by atoms with van der Waals surface area (Å²) in [4.78, 5) is 14.1. The van der Waals surface area contributed by atoms with Crippen LogP contribution in [0.5, 0.6) is 0 Å². The number of nitrogens with zero attached hydrogens (tertiary/aromatic N) is 3. The van der Waals surface area contributed by atoms with Crippen LogP contribution in [0.1, 0.15) is 10.6 Å². The molecule has 2 rings (SSSR count). The highest BCUT2D eigenvalue weighted by molar-refractivity contribution is 5.68. The first-order valence-electron chi connectivity index (χ1n) is 4.10. The molecule has 1 aromatic carbocycles. The lowest BCUT2D eigenvalue weighted by atomic mass is 10.2. The Morgan fingerprint density at radius 1 is 1.07 bits per heavy atom. The molecule has 0 bridgehead atoms. The minimum atomic E-state index is 0.102. The molecule has 0 spiro atoms. The summed E-state index contributed by atoms with van der Waals surface area (Å²) in [6.07, 6.45) is 2.10. The van der Waals surface area contributed by atoms with Crippen LogP contribution in [0, 0.1) is 0 Å². The van der Waals surface area contributed by atoms with E-state index in [1.807, 2.05) is 30.3 Å². The van der Waals surface area contributed by atoms with Crippen LogP contribution >= 0.6 is 0 Å². The second kappa shape index (κ2) is 3.74. The molecular formula is C10H7N3O. The first-order chi connectivity index (χ1) is 6.90. The molecule has 68 valence electrons. The summed E-state index contributed by atoms with van der Waals surface area (Å²) in [5, 5.41) is 7.52. The van der Waals surface area contributed by atoms with E-state index in [2.05, 4.69) is 15.2 Å². The molecule has 1 heterocycles. The monoisotopic (exact) mass is 185 g/mol. The number of carbonyl (C=O) groups excluding carboxylic acids is 1. The van der Waals surface area contributed by atoms with Crippen molar-refractivity contribution in [1.82, 2.24) is 15.2 Å². The van der Waals surface area contributed by atoms with Gasteiger partial charge in [0.1, 0.15) is 5.69 Å². The Kier molecular flexibility index (Phi) is 2.27. The second-order valence-corrected chi connectivity index (χ2v) is 2.69. The highest BCUT2D eigenvalue weighted by Gasteiger charge is 1.99. The molecule has 0 aliphatic carbocycles. The van der Waals surface area contributed by atoms with Crippen LogP contribution in [-0.2, 0) is 0 Å². The van der Waals surface area contributed by atoms with Crippen LogP contribution in [-0.4, -0.2) is 21.5 Å². The normalized spacial score (nSPS) is 9.71. The molecular weight excluding hydrogens is 178 g/mol. The Bertz CT molecular complexity index is 425. The summed E-state index contributed by atoms with van der Waals surface area (Å²) in [6, 6.07) is 9.55. The Morgan fingerprint density at radius 2 is 1.86 bits per heavy atom. The van der Waals surface area contributed by atoms with Gasteiger partial charge >= 0.3 is 0 Å². The Hall–Kier alpha value is -2.10. The van der Waals surface area contributed by atoms with E-state index in [9.17, 15) is 4.79 Å². The third-order valence-electron chi connectivity index (χ3n) is 1.75. The van der Waals surface area contributed by atoms with Gasteiger partial charge in [-0.2, -0.15) is 0 Å². The number of aromatic nitrogens is 3. The number of aldehydes is 1. The predicted molar refractivity (Wildman–Crippen MR) is 50.7 cm³/mol. The third-order valence-corrected chi connectivity index (χ3v) is 1.75. The summed E-state index contributed by atoms with van der Waals surface area (Å²) in [6.45, 7) is 0. The SMILES string of the molecule is O=Cc1ncc(-c2ccccc2)nn1. The predicted octanol–water partition coefficient (Wildman–Crippen LogP) is 1.35. The number of benzene rings is 1. The molecule has 0 saturated heterocycles. The smallest absolute Gasteiger partial charge is 0.214 e. The summed E-state index contributed by atoms with van der Waals surface area (Å²) in [5.74, 6) is 0.102. The molecule has 2 aromatic rings. The molecule has 14 heavy (non-hydrogen) atoms. The van der Waals surface area contributed by atoms with Gasteiger partial charge in [0.25, 0.3) is 0 Å².